The van der Waals surface area contributed by atoms with Crippen LogP contribution in [-0.4, -0.2) is 96.7 Å². The molecule has 0 aliphatic carbocycles. The number of aliphatic hydroxyl groups excluding tert-OH is 1. The quantitative estimate of drug-likeness (QED) is 0.0222. The number of carbonyl (C=O) groups excluding carboxylic acids is 4. The smallest absolute Gasteiger partial charge is 0.462 e. The first kappa shape index (κ1) is 104. The Hall–Kier alpha value is -1.94. The lowest BCUT2D eigenvalue weighted by Crippen LogP contribution is -2.30. The summed E-state index contributed by atoms with van der Waals surface area (Å²) < 4.78 is 68.9. The number of phosphoric ester groups is 2. The highest BCUT2D eigenvalue weighted by Gasteiger charge is 2.30. The van der Waals surface area contributed by atoms with Crippen molar-refractivity contribution in [3.05, 3.63) is 0 Å². The Kier molecular flexibility index (Phi) is 75.6. The van der Waals surface area contributed by atoms with E-state index in [1.54, 1.807) is 0 Å². The number of hydrogen-bond acceptors (Lipinski definition) is 15. The topological polar surface area (TPSA) is 237 Å². The maximum Gasteiger partial charge on any atom is 0.472 e. The van der Waals surface area contributed by atoms with Crippen LogP contribution in [0.15, 0.2) is 0 Å². The van der Waals surface area contributed by atoms with Crippen LogP contribution in [0.2, 0.25) is 0 Å². The van der Waals surface area contributed by atoms with Crippen LogP contribution in [0.5, 0.6) is 0 Å². The molecule has 0 aromatic rings. The van der Waals surface area contributed by atoms with Crippen LogP contribution in [0.3, 0.4) is 0 Å². The number of aliphatic hydroxyl groups is 1. The lowest BCUT2D eigenvalue weighted by atomic mass is 10.0. The molecular formula is C87H170O17P2. The molecule has 5 atom stereocenters. The predicted octanol–water partition coefficient (Wildman–Crippen LogP) is 26.5. The van der Waals surface area contributed by atoms with Gasteiger partial charge >= 0.3 is 39.5 Å². The van der Waals surface area contributed by atoms with Gasteiger partial charge in [0.15, 0.2) is 12.2 Å². The van der Waals surface area contributed by atoms with Gasteiger partial charge in [-0.3, -0.25) is 37.3 Å². The van der Waals surface area contributed by atoms with E-state index in [1.807, 2.05) is 0 Å². The van der Waals surface area contributed by atoms with Gasteiger partial charge in [0.2, 0.25) is 0 Å². The predicted molar refractivity (Wildman–Crippen MR) is 437 cm³/mol. The fourth-order valence-corrected chi connectivity index (χ4v) is 15.1. The summed E-state index contributed by atoms with van der Waals surface area (Å²) in [6.45, 7) is 12.0. The van der Waals surface area contributed by atoms with Crippen LogP contribution in [-0.2, 0) is 65.4 Å². The largest absolute Gasteiger partial charge is 0.472 e. The standard InChI is InChI=1S/C87H170O17P2/c1-8-9-10-11-12-13-14-15-16-17-25-30-35-40-49-56-63-71-87(92)104-83(75-98-85(90)69-62-55-48-43-42-46-53-60-67-80(6)7)77-102-106(95,96)100-73-81(88)72-99-105(93,94)101-76-82(103-86(91)70-64-57-50-41-36-31-26-21-19-23-28-33-38-45-52-59-66-79(4)5)74-97-84(89)68-61-54-47-39-34-29-24-20-18-22-27-32-37-44-51-58-65-78(2)3/h78-83,88H,8-77H2,1-7H3,(H,93,94)(H,95,96)/t81-,82-,83-/m1/s1. The van der Waals surface area contributed by atoms with Gasteiger partial charge < -0.3 is 33.8 Å². The molecule has 0 aliphatic heterocycles. The third-order valence-corrected chi connectivity index (χ3v) is 22.3. The zero-order valence-electron chi connectivity index (χ0n) is 69.9. The van der Waals surface area contributed by atoms with Crippen molar-refractivity contribution in [2.75, 3.05) is 39.6 Å². The summed E-state index contributed by atoms with van der Waals surface area (Å²) >= 11 is 0. The Labute approximate surface area is 651 Å². The summed E-state index contributed by atoms with van der Waals surface area (Å²) in [4.78, 5) is 73.3. The highest BCUT2D eigenvalue weighted by atomic mass is 31.2. The summed E-state index contributed by atoms with van der Waals surface area (Å²) in [5, 5.41) is 10.7. The average molecular weight is 1550 g/mol. The second-order valence-electron chi connectivity index (χ2n) is 32.7. The Morgan fingerprint density at radius 1 is 0.255 bits per heavy atom. The summed E-state index contributed by atoms with van der Waals surface area (Å²) in [5.74, 6) is 0.245. The first-order valence-electron chi connectivity index (χ1n) is 44.8. The molecule has 0 rings (SSSR count). The van der Waals surface area contributed by atoms with Crippen molar-refractivity contribution >= 4 is 39.5 Å². The first-order chi connectivity index (χ1) is 51.2. The molecule has 0 aliphatic rings. The normalized spacial score (nSPS) is 13.9. The maximum atomic E-state index is 13.2. The van der Waals surface area contributed by atoms with Gasteiger partial charge in [0.05, 0.1) is 26.4 Å². The minimum Gasteiger partial charge on any atom is -0.462 e. The fourth-order valence-electron chi connectivity index (χ4n) is 13.5. The number of rotatable bonds is 85. The number of carbonyl (C=O) groups is 4. The van der Waals surface area contributed by atoms with Crippen molar-refractivity contribution in [3.63, 3.8) is 0 Å². The van der Waals surface area contributed by atoms with Crippen LogP contribution in [0.1, 0.15) is 459 Å². The second kappa shape index (κ2) is 77.0. The van der Waals surface area contributed by atoms with Crippen LogP contribution < -0.4 is 0 Å². The molecule has 0 spiro atoms. The summed E-state index contributed by atoms with van der Waals surface area (Å²) in [7, 11) is -9.93. The minimum absolute atomic E-state index is 0.108. The van der Waals surface area contributed by atoms with Gasteiger partial charge in [0.25, 0.3) is 0 Å². The molecule has 0 amide bonds. The zero-order chi connectivity index (χ0) is 77.9. The molecule has 17 nitrogen and oxygen atoms in total. The van der Waals surface area contributed by atoms with Crippen LogP contribution >= 0.6 is 15.6 Å². The van der Waals surface area contributed by atoms with E-state index in [0.29, 0.717) is 25.7 Å². The second-order valence-corrected chi connectivity index (χ2v) is 35.6. The maximum absolute atomic E-state index is 13.2. The highest BCUT2D eigenvalue weighted by molar-refractivity contribution is 7.47. The molecule has 106 heavy (non-hydrogen) atoms. The molecule has 0 saturated carbocycles. The van der Waals surface area contributed by atoms with Gasteiger partial charge in [-0.15, -0.1) is 0 Å². The number of ether oxygens (including phenoxy) is 4. The van der Waals surface area contributed by atoms with Crippen molar-refractivity contribution in [2.45, 2.75) is 478 Å². The molecule has 0 bridgehead atoms. The SMILES string of the molecule is CCCCCCCCCCCCCCCCCCCC(=O)O[C@H](COC(=O)CCCCCCCCCCC(C)C)COP(=O)(O)OC[C@H](O)COP(=O)(O)OC[C@@H](COC(=O)CCCCCCCCCCCCCCCCCCC(C)C)OC(=O)CCCCCCCCCCCCCCCCCCC(C)C. The Morgan fingerprint density at radius 2 is 0.434 bits per heavy atom. The third kappa shape index (κ3) is 80.1. The number of unbranched alkanes of at least 4 members (excludes halogenated alkanes) is 53. The molecule has 0 heterocycles. The van der Waals surface area contributed by atoms with Crippen LogP contribution in [0, 0.1) is 17.8 Å². The summed E-state index contributed by atoms with van der Waals surface area (Å²) in [6.07, 6.45) is 68.1. The lowest BCUT2D eigenvalue weighted by molar-refractivity contribution is -0.161. The number of esters is 4. The Bertz CT molecular complexity index is 2040. The van der Waals surface area contributed by atoms with Crippen molar-refractivity contribution in [1.82, 2.24) is 0 Å². The van der Waals surface area contributed by atoms with Gasteiger partial charge in [-0.1, -0.05) is 408 Å². The van der Waals surface area contributed by atoms with Gasteiger partial charge in [-0.2, -0.15) is 0 Å². The highest BCUT2D eigenvalue weighted by Crippen LogP contribution is 2.45. The molecule has 0 saturated heterocycles. The average Bonchev–Trinajstić information content (AvgIpc) is 0.901. The summed E-state index contributed by atoms with van der Waals surface area (Å²) in [5.41, 5.74) is 0. The van der Waals surface area contributed by atoms with E-state index >= 15 is 0 Å². The monoisotopic (exact) mass is 1550 g/mol. The molecule has 2 unspecified atom stereocenters. The molecule has 0 radical (unpaired) electrons. The number of phosphoric acid groups is 2. The zero-order valence-corrected chi connectivity index (χ0v) is 71.7. The van der Waals surface area contributed by atoms with Crippen molar-refractivity contribution in [1.29, 1.82) is 0 Å². The third-order valence-electron chi connectivity index (χ3n) is 20.4. The molecule has 0 aromatic carbocycles. The van der Waals surface area contributed by atoms with Crippen LogP contribution in [0.4, 0.5) is 0 Å². The van der Waals surface area contributed by atoms with Crippen molar-refractivity contribution in [2.24, 2.45) is 17.8 Å². The molecule has 0 aromatic heterocycles. The van der Waals surface area contributed by atoms with Crippen LogP contribution in [0.25, 0.3) is 0 Å². The Morgan fingerprint density at radius 3 is 0.642 bits per heavy atom. The van der Waals surface area contributed by atoms with Gasteiger partial charge in [-0.25, -0.2) is 9.13 Å². The fraction of sp³-hybridized carbons (Fsp3) is 0.954. The molecular weight excluding hydrogens is 1380 g/mol. The van der Waals surface area contributed by atoms with Gasteiger partial charge in [-0.05, 0) is 43.4 Å². The number of hydrogen-bond donors (Lipinski definition) is 3. The minimum atomic E-state index is -4.97. The van der Waals surface area contributed by atoms with Crippen molar-refractivity contribution < 1.29 is 80.2 Å². The summed E-state index contributed by atoms with van der Waals surface area (Å²) in [6, 6.07) is 0. The van der Waals surface area contributed by atoms with Gasteiger partial charge in [0.1, 0.15) is 19.3 Å². The molecule has 630 valence electrons. The van der Waals surface area contributed by atoms with E-state index in [9.17, 15) is 43.2 Å². The van der Waals surface area contributed by atoms with Gasteiger partial charge in [0, 0.05) is 25.7 Å². The molecule has 19 heteroatoms. The van der Waals surface area contributed by atoms with E-state index in [2.05, 4.69) is 48.5 Å². The Balaban J connectivity index is 5.25. The van der Waals surface area contributed by atoms with E-state index < -0.39 is 97.5 Å². The lowest BCUT2D eigenvalue weighted by Gasteiger charge is -2.21. The molecule has 3 N–H and O–H groups in total. The van der Waals surface area contributed by atoms with E-state index in [-0.39, 0.29) is 25.7 Å². The van der Waals surface area contributed by atoms with E-state index in [4.69, 9.17) is 37.0 Å². The molecule has 0 fully saturated rings. The van der Waals surface area contributed by atoms with E-state index in [0.717, 1.165) is 108 Å². The first-order valence-corrected chi connectivity index (χ1v) is 47.8. The van der Waals surface area contributed by atoms with E-state index in [1.165, 1.54) is 270 Å². The van der Waals surface area contributed by atoms with Crippen molar-refractivity contribution in [3.8, 4) is 0 Å².